The lowest BCUT2D eigenvalue weighted by atomic mass is 9.78. The first-order valence-corrected chi connectivity index (χ1v) is 6.54. The Hall–Kier alpha value is -2.16. The molecule has 0 aliphatic heterocycles. The Morgan fingerprint density at radius 2 is 1.70 bits per heavy atom. The molecule has 2 aromatic carbocycles. The molecule has 2 aromatic rings. The first kappa shape index (κ1) is 14.3. The van der Waals surface area contributed by atoms with Gasteiger partial charge in [-0.2, -0.15) is 0 Å². The summed E-state index contributed by atoms with van der Waals surface area (Å²) < 4.78 is 13.6. The molecule has 0 unspecified atom stereocenters. The Morgan fingerprint density at radius 1 is 1.10 bits per heavy atom. The lowest BCUT2D eigenvalue weighted by Crippen LogP contribution is -2.30. The summed E-state index contributed by atoms with van der Waals surface area (Å²) in [5.41, 5.74) is 6.96. The molecule has 2 rings (SSSR count). The van der Waals surface area contributed by atoms with Crippen LogP contribution in [-0.2, 0) is 16.6 Å². The van der Waals surface area contributed by atoms with Crippen molar-refractivity contribution in [3.05, 3.63) is 65.5 Å². The van der Waals surface area contributed by atoms with Gasteiger partial charge in [-0.1, -0.05) is 30.3 Å². The number of anilines is 1. The highest BCUT2D eigenvalue weighted by Gasteiger charge is 2.29. The topological polar surface area (TPSA) is 43.1 Å². The van der Waals surface area contributed by atoms with E-state index >= 15 is 0 Å². The number of nitrogens with two attached hydrogens (primary N) is 1. The number of hydrogen-bond donors (Lipinski definition) is 1. The van der Waals surface area contributed by atoms with E-state index in [-0.39, 0.29) is 18.0 Å². The van der Waals surface area contributed by atoms with Crippen LogP contribution in [-0.4, -0.2) is 5.78 Å². The number of nitrogen functional groups attached to an aromatic ring is 1. The van der Waals surface area contributed by atoms with Gasteiger partial charge in [0.15, 0.2) is 0 Å². The molecule has 2 N–H and O–H groups in total. The fraction of sp³-hybridized carbons (Fsp3) is 0.235. The highest BCUT2D eigenvalue weighted by molar-refractivity contribution is 5.91. The van der Waals surface area contributed by atoms with Crippen LogP contribution < -0.4 is 5.73 Å². The van der Waals surface area contributed by atoms with Crippen LogP contribution in [0.25, 0.3) is 0 Å². The van der Waals surface area contributed by atoms with Gasteiger partial charge in [-0.05, 0) is 43.2 Å². The summed E-state index contributed by atoms with van der Waals surface area (Å²) in [5, 5.41) is 0. The molecule has 2 nitrogen and oxygen atoms in total. The van der Waals surface area contributed by atoms with Gasteiger partial charge in [0.2, 0.25) is 0 Å². The van der Waals surface area contributed by atoms with Crippen molar-refractivity contribution >= 4 is 11.5 Å². The fourth-order valence-corrected chi connectivity index (χ4v) is 2.10. The normalized spacial score (nSPS) is 11.3. The van der Waals surface area contributed by atoms with Gasteiger partial charge in [-0.25, -0.2) is 4.39 Å². The van der Waals surface area contributed by atoms with Gasteiger partial charge in [-0.15, -0.1) is 0 Å². The molecule has 0 saturated heterocycles. The zero-order chi connectivity index (χ0) is 14.8. The third-order valence-electron chi connectivity index (χ3n) is 3.64. The molecule has 0 atom stereocenters. The minimum Gasteiger partial charge on any atom is -0.399 e. The van der Waals surface area contributed by atoms with Crippen LogP contribution in [0.3, 0.4) is 0 Å². The van der Waals surface area contributed by atoms with Gasteiger partial charge in [-0.3, -0.25) is 4.79 Å². The Bertz CT molecular complexity index is 617. The zero-order valence-corrected chi connectivity index (χ0v) is 11.7. The van der Waals surface area contributed by atoms with Crippen LogP contribution >= 0.6 is 0 Å². The van der Waals surface area contributed by atoms with E-state index in [2.05, 4.69) is 0 Å². The molecular formula is C17H18FNO. The van der Waals surface area contributed by atoms with Crippen molar-refractivity contribution in [2.45, 2.75) is 25.7 Å². The summed E-state index contributed by atoms with van der Waals surface area (Å²) in [6.07, 6.45) is 0.0874. The molecule has 0 fully saturated rings. The summed E-state index contributed by atoms with van der Waals surface area (Å²) in [7, 11) is 0. The van der Waals surface area contributed by atoms with Crippen molar-refractivity contribution in [3.63, 3.8) is 0 Å². The van der Waals surface area contributed by atoms with Gasteiger partial charge >= 0.3 is 0 Å². The molecule has 0 saturated carbocycles. The van der Waals surface area contributed by atoms with Gasteiger partial charge < -0.3 is 5.73 Å². The van der Waals surface area contributed by atoms with E-state index in [1.165, 1.54) is 6.07 Å². The quantitative estimate of drug-likeness (QED) is 0.865. The fourth-order valence-electron chi connectivity index (χ4n) is 2.10. The molecule has 104 valence electrons. The van der Waals surface area contributed by atoms with E-state index in [4.69, 9.17) is 5.73 Å². The van der Waals surface area contributed by atoms with Crippen molar-refractivity contribution in [2.75, 3.05) is 5.73 Å². The third-order valence-corrected chi connectivity index (χ3v) is 3.64. The molecule has 0 spiro atoms. The molecule has 0 aromatic heterocycles. The number of benzene rings is 2. The SMILES string of the molecule is CC(C)(C(=O)Cc1ccccc1F)c1ccc(N)cc1. The molecule has 0 amide bonds. The van der Waals surface area contributed by atoms with Crippen LogP contribution in [0.2, 0.25) is 0 Å². The van der Waals surface area contributed by atoms with Crippen LogP contribution in [0.5, 0.6) is 0 Å². The molecule has 0 aliphatic carbocycles. The van der Waals surface area contributed by atoms with Crippen LogP contribution in [0.1, 0.15) is 25.0 Å². The number of rotatable bonds is 4. The summed E-state index contributed by atoms with van der Waals surface area (Å²) in [4.78, 5) is 12.5. The van der Waals surface area contributed by atoms with Crippen LogP contribution in [0.4, 0.5) is 10.1 Å². The number of carbonyl (C=O) groups excluding carboxylic acids is 1. The number of ketones is 1. The van der Waals surface area contributed by atoms with E-state index in [9.17, 15) is 9.18 Å². The van der Waals surface area contributed by atoms with Crippen molar-refractivity contribution in [1.82, 2.24) is 0 Å². The molecule has 0 radical (unpaired) electrons. The number of halogens is 1. The molecular weight excluding hydrogens is 253 g/mol. The van der Waals surface area contributed by atoms with Gasteiger partial charge in [0.05, 0.1) is 0 Å². The van der Waals surface area contributed by atoms with E-state index in [0.29, 0.717) is 11.3 Å². The maximum absolute atomic E-state index is 13.6. The average Bonchev–Trinajstić information content (AvgIpc) is 2.41. The van der Waals surface area contributed by atoms with Crippen molar-refractivity contribution in [3.8, 4) is 0 Å². The lowest BCUT2D eigenvalue weighted by molar-refractivity contribution is -0.122. The highest BCUT2D eigenvalue weighted by Crippen LogP contribution is 2.27. The van der Waals surface area contributed by atoms with Crippen molar-refractivity contribution < 1.29 is 9.18 Å². The van der Waals surface area contributed by atoms with E-state index in [0.717, 1.165) is 5.56 Å². The number of carbonyl (C=O) groups is 1. The molecule has 0 aliphatic rings. The van der Waals surface area contributed by atoms with E-state index in [1.54, 1.807) is 30.3 Å². The maximum atomic E-state index is 13.6. The smallest absolute Gasteiger partial charge is 0.147 e. The standard InChI is InChI=1S/C17H18FNO/c1-17(2,13-7-9-14(19)10-8-13)16(20)11-12-5-3-4-6-15(12)18/h3-10H,11,19H2,1-2H3. The first-order valence-electron chi connectivity index (χ1n) is 6.54. The second-order valence-corrected chi connectivity index (χ2v) is 5.44. The average molecular weight is 271 g/mol. The highest BCUT2D eigenvalue weighted by atomic mass is 19.1. The van der Waals surface area contributed by atoms with Crippen LogP contribution in [0.15, 0.2) is 48.5 Å². The minimum absolute atomic E-state index is 0.0210. The monoisotopic (exact) mass is 271 g/mol. The van der Waals surface area contributed by atoms with Gasteiger partial charge in [0.1, 0.15) is 11.6 Å². The lowest BCUT2D eigenvalue weighted by Gasteiger charge is -2.24. The second-order valence-electron chi connectivity index (χ2n) is 5.44. The van der Waals surface area contributed by atoms with E-state index in [1.807, 2.05) is 26.0 Å². The number of hydrogen-bond acceptors (Lipinski definition) is 2. The maximum Gasteiger partial charge on any atom is 0.147 e. The molecule has 0 bridgehead atoms. The Kier molecular flexibility index (Phi) is 3.89. The summed E-state index contributed by atoms with van der Waals surface area (Å²) in [6, 6.07) is 13.6. The van der Waals surface area contributed by atoms with Crippen molar-refractivity contribution in [2.24, 2.45) is 0 Å². The number of Topliss-reactive ketones (excluding diaryl/α,β-unsaturated/α-hetero) is 1. The molecule has 20 heavy (non-hydrogen) atoms. The van der Waals surface area contributed by atoms with Crippen LogP contribution in [0, 0.1) is 5.82 Å². The summed E-state index contributed by atoms with van der Waals surface area (Å²) in [5.74, 6) is -0.360. The van der Waals surface area contributed by atoms with Gasteiger partial charge in [0, 0.05) is 17.5 Å². The predicted molar refractivity (Wildman–Crippen MR) is 79.0 cm³/mol. The largest absolute Gasteiger partial charge is 0.399 e. The Balaban J connectivity index is 2.23. The third kappa shape index (κ3) is 2.87. The minimum atomic E-state index is -0.671. The summed E-state index contributed by atoms with van der Waals surface area (Å²) >= 11 is 0. The summed E-state index contributed by atoms with van der Waals surface area (Å²) in [6.45, 7) is 3.70. The van der Waals surface area contributed by atoms with Crippen molar-refractivity contribution in [1.29, 1.82) is 0 Å². The molecule has 0 heterocycles. The van der Waals surface area contributed by atoms with E-state index < -0.39 is 5.41 Å². The predicted octanol–water partition coefficient (Wildman–Crippen LogP) is 3.50. The Morgan fingerprint density at radius 3 is 2.30 bits per heavy atom. The van der Waals surface area contributed by atoms with Gasteiger partial charge in [0.25, 0.3) is 0 Å². The first-order chi connectivity index (χ1) is 9.41. The zero-order valence-electron chi connectivity index (χ0n) is 11.7. The molecule has 3 heteroatoms. The Labute approximate surface area is 118 Å². The second kappa shape index (κ2) is 5.45.